The lowest BCUT2D eigenvalue weighted by atomic mass is 10.0. The van der Waals surface area contributed by atoms with Crippen molar-refractivity contribution in [2.45, 2.75) is 12.8 Å². The van der Waals surface area contributed by atoms with E-state index in [-0.39, 0.29) is 5.43 Å². The second-order valence-corrected chi connectivity index (χ2v) is 8.77. The van der Waals surface area contributed by atoms with Crippen molar-refractivity contribution in [2.24, 2.45) is 0 Å². The number of pyridine rings is 1. The van der Waals surface area contributed by atoms with E-state index in [9.17, 15) is 4.79 Å². The third kappa shape index (κ3) is 3.35. The molecule has 3 aromatic heterocycles. The van der Waals surface area contributed by atoms with Crippen molar-refractivity contribution < 1.29 is 13.9 Å². The molecule has 0 fully saturated rings. The van der Waals surface area contributed by atoms with E-state index in [1.54, 1.807) is 6.07 Å². The quantitative estimate of drug-likeness (QED) is 0.358. The Labute approximate surface area is 199 Å². The second kappa shape index (κ2) is 7.77. The topological polar surface area (TPSA) is 93.1 Å². The SMILES string of the molecule is O=c1ccc2c(c1)oc1c(-c3cccc(OCCc4ccc5c(c4)CCO5)c3)c3c[nH][nH]c3nc12. The van der Waals surface area contributed by atoms with Crippen LogP contribution in [0.25, 0.3) is 44.2 Å². The van der Waals surface area contributed by atoms with Crippen LogP contribution in [-0.2, 0) is 12.8 Å². The predicted molar refractivity (Wildman–Crippen MR) is 134 cm³/mol. The summed E-state index contributed by atoms with van der Waals surface area (Å²) in [7, 11) is 0. The highest BCUT2D eigenvalue weighted by Crippen LogP contribution is 2.39. The molecule has 7 rings (SSSR count). The van der Waals surface area contributed by atoms with E-state index >= 15 is 0 Å². The lowest BCUT2D eigenvalue weighted by Gasteiger charge is -2.10. The van der Waals surface area contributed by atoms with Crippen molar-refractivity contribution in [1.82, 2.24) is 15.2 Å². The molecule has 7 nitrogen and oxygen atoms in total. The van der Waals surface area contributed by atoms with Gasteiger partial charge in [0.25, 0.3) is 0 Å². The Balaban J connectivity index is 1.24. The molecule has 0 saturated heterocycles. The molecule has 172 valence electrons. The molecule has 0 saturated carbocycles. The van der Waals surface area contributed by atoms with Gasteiger partial charge in [-0.15, -0.1) is 0 Å². The zero-order chi connectivity index (χ0) is 23.4. The van der Waals surface area contributed by atoms with Crippen LogP contribution in [-0.4, -0.2) is 28.4 Å². The monoisotopic (exact) mass is 463 g/mol. The van der Waals surface area contributed by atoms with Gasteiger partial charge in [-0.05, 0) is 47.0 Å². The van der Waals surface area contributed by atoms with Gasteiger partial charge in [-0.2, -0.15) is 0 Å². The summed E-state index contributed by atoms with van der Waals surface area (Å²) in [6.07, 6.45) is 3.65. The minimum absolute atomic E-state index is 0.0942. The van der Waals surface area contributed by atoms with Gasteiger partial charge in [0.15, 0.2) is 16.7 Å². The summed E-state index contributed by atoms with van der Waals surface area (Å²) in [5.41, 5.74) is 6.87. The Morgan fingerprint density at radius 2 is 2.00 bits per heavy atom. The van der Waals surface area contributed by atoms with E-state index < -0.39 is 0 Å². The smallest absolute Gasteiger partial charge is 0.182 e. The highest BCUT2D eigenvalue weighted by molar-refractivity contribution is 6.14. The molecule has 35 heavy (non-hydrogen) atoms. The number of nitrogens with zero attached hydrogens (tertiary/aromatic N) is 1. The molecule has 1 aliphatic heterocycles. The first-order valence-corrected chi connectivity index (χ1v) is 11.6. The Hall–Kier alpha value is -4.52. The first-order chi connectivity index (χ1) is 17.2. The Bertz CT molecular complexity index is 1790. The van der Waals surface area contributed by atoms with E-state index in [4.69, 9.17) is 18.9 Å². The minimum atomic E-state index is -0.0942. The van der Waals surface area contributed by atoms with E-state index in [0.717, 1.165) is 52.8 Å². The fraction of sp³-hybridized carbons (Fsp3) is 0.143. The predicted octanol–water partition coefficient (Wildman–Crippen LogP) is 5.37. The second-order valence-electron chi connectivity index (χ2n) is 8.77. The zero-order valence-electron chi connectivity index (χ0n) is 18.8. The fourth-order valence-electron chi connectivity index (χ4n) is 4.88. The molecule has 0 radical (unpaired) electrons. The van der Waals surface area contributed by atoms with Gasteiger partial charge >= 0.3 is 0 Å². The minimum Gasteiger partial charge on any atom is -0.493 e. The van der Waals surface area contributed by atoms with Crippen molar-refractivity contribution in [3.63, 3.8) is 0 Å². The molecule has 0 bridgehead atoms. The Kier molecular flexibility index (Phi) is 4.42. The largest absolute Gasteiger partial charge is 0.493 e. The van der Waals surface area contributed by atoms with Gasteiger partial charge in [-0.25, -0.2) is 4.98 Å². The summed E-state index contributed by atoms with van der Waals surface area (Å²) >= 11 is 0. The third-order valence-electron chi connectivity index (χ3n) is 6.55. The number of H-pyrrole nitrogens is 2. The number of ether oxygens (including phenoxy) is 2. The van der Waals surface area contributed by atoms with Crippen molar-refractivity contribution in [2.75, 3.05) is 13.2 Å². The number of aromatic amines is 2. The number of fused-ring (bicyclic) bond motifs is 5. The Morgan fingerprint density at radius 3 is 2.97 bits per heavy atom. The molecule has 1 aliphatic rings. The maximum atomic E-state index is 11.9. The molecule has 3 aromatic carbocycles. The summed E-state index contributed by atoms with van der Waals surface area (Å²) in [6.45, 7) is 1.33. The molecule has 0 aliphatic carbocycles. The summed E-state index contributed by atoms with van der Waals surface area (Å²) < 4.78 is 17.9. The van der Waals surface area contributed by atoms with Gasteiger partial charge in [0, 0.05) is 41.4 Å². The van der Waals surface area contributed by atoms with Crippen LogP contribution in [0.2, 0.25) is 0 Å². The van der Waals surface area contributed by atoms with Crippen molar-refractivity contribution >= 4 is 33.1 Å². The fourth-order valence-corrected chi connectivity index (χ4v) is 4.88. The lowest BCUT2D eigenvalue weighted by Crippen LogP contribution is -2.01. The van der Waals surface area contributed by atoms with Gasteiger partial charge in [0.05, 0.1) is 13.2 Å². The molecule has 4 heterocycles. The molecule has 6 aromatic rings. The number of hydrogen-bond donors (Lipinski definition) is 2. The Morgan fingerprint density at radius 1 is 1.03 bits per heavy atom. The molecule has 0 atom stereocenters. The molecule has 7 heteroatoms. The third-order valence-corrected chi connectivity index (χ3v) is 6.55. The van der Waals surface area contributed by atoms with Gasteiger partial charge < -0.3 is 19.0 Å². The lowest BCUT2D eigenvalue weighted by molar-refractivity contribution is 0.322. The van der Waals surface area contributed by atoms with Crippen molar-refractivity contribution in [3.8, 4) is 22.6 Å². The van der Waals surface area contributed by atoms with E-state index in [1.165, 1.54) is 23.3 Å². The molecule has 0 unspecified atom stereocenters. The van der Waals surface area contributed by atoms with Crippen molar-refractivity contribution in [3.05, 3.63) is 88.2 Å². The number of furan rings is 1. The van der Waals surface area contributed by atoms with Crippen LogP contribution in [0.1, 0.15) is 11.1 Å². The summed E-state index contributed by atoms with van der Waals surface area (Å²) in [6, 6.07) is 19.2. The van der Waals surface area contributed by atoms with Crippen LogP contribution in [0.15, 0.2) is 76.1 Å². The van der Waals surface area contributed by atoms with Crippen LogP contribution < -0.4 is 14.9 Å². The van der Waals surface area contributed by atoms with Crippen LogP contribution in [0.3, 0.4) is 0 Å². The van der Waals surface area contributed by atoms with Gasteiger partial charge in [0.1, 0.15) is 22.6 Å². The van der Waals surface area contributed by atoms with Crippen LogP contribution in [0.5, 0.6) is 11.5 Å². The highest BCUT2D eigenvalue weighted by atomic mass is 16.5. The van der Waals surface area contributed by atoms with Gasteiger partial charge in [-0.3, -0.25) is 9.89 Å². The summed E-state index contributed by atoms with van der Waals surface area (Å²) in [4.78, 5) is 16.6. The number of nitrogens with one attached hydrogen (secondary N) is 2. The summed E-state index contributed by atoms with van der Waals surface area (Å²) in [5.74, 6) is 1.78. The average molecular weight is 463 g/mol. The normalized spacial score (nSPS) is 12.9. The standard InChI is InChI=1S/C28H21N3O4/c32-19-5-6-21-24(14-19)35-27-25(22-15-29-31-28(22)30-26(21)27)18-2-1-3-20(13-18)33-10-8-16-4-7-23-17(12-16)9-11-34-23/h1-7,12-15H,8-11H2,(H2,29,30,31). The number of rotatable bonds is 5. The maximum Gasteiger partial charge on any atom is 0.182 e. The molecular formula is C28H21N3O4. The molecular weight excluding hydrogens is 442 g/mol. The van der Waals surface area contributed by atoms with Crippen LogP contribution in [0, 0.1) is 0 Å². The van der Waals surface area contributed by atoms with Crippen LogP contribution in [0.4, 0.5) is 0 Å². The highest BCUT2D eigenvalue weighted by Gasteiger charge is 2.19. The van der Waals surface area contributed by atoms with Gasteiger partial charge in [-0.1, -0.05) is 24.3 Å². The molecule has 2 N–H and O–H groups in total. The number of benzene rings is 3. The van der Waals surface area contributed by atoms with Gasteiger partial charge in [0.2, 0.25) is 0 Å². The van der Waals surface area contributed by atoms with E-state index in [0.29, 0.717) is 28.9 Å². The van der Waals surface area contributed by atoms with E-state index in [1.807, 2.05) is 30.5 Å². The zero-order valence-corrected chi connectivity index (χ0v) is 18.8. The average Bonchev–Trinajstić information content (AvgIpc) is 3.60. The number of aromatic nitrogens is 3. The first-order valence-electron chi connectivity index (χ1n) is 11.6. The maximum absolute atomic E-state index is 11.9. The number of hydrogen-bond acceptors (Lipinski definition) is 5. The van der Waals surface area contributed by atoms with Crippen molar-refractivity contribution in [1.29, 1.82) is 0 Å². The van der Waals surface area contributed by atoms with E-state index in [2.05, 4.69) is 28.4 Å². The first kappa shape index (κ1) is 19.9. The molecule has 0 spiro atoms. The van der Waals surface area contributed by atoms with Crippen LogP contribution >= 0.6 is 0 Å². The summed E-state index contributed by atoms with van der Waals surface area (Å²) in [5, 5.41) is 7.84. The molecule has 0 amide bonds.